The van der Waals surface area contributed by atoms with Crippen molar-refractivity contribution in [1.29, 1.82) is 0 Å². The van der Waals surface area contributed by atoms with Gasteiger partial charge in [0.25, 0.3) is 0 Å². The van der Waals surface area contributed by atoms with Gasteiger partial charge in [0.15, 0.2) is 6.10 Å². The Bertz CT molecular complexity index is 1210. The highest BCUT2D eigenvalue weighted by molar-refractivity contribution is 5.71. The normalized spacial score (nSPS) is 12.6. The van der Waals surface area contributed by atoms with Crippen LogP contribution in [0, 0.1) is 0 Å². The third-order valence-corrected chi connectivity index (χ3v) is 11.5. The Morgan fingerprint density at radius 3 is 1.08 bits per heavy atom. The largest absolute Gasteiger partial charge is 0.462 e. The number of esters is 3. The monoisotopic (exact) mass is 893 g/mol. The molecule has 0 aromatic rings. The van der Waals surface area contributed by atoms with E-state index in [2.05, 4.69) is 87.6 Å². The van der Waals surface area contributed by atoms with Crippen LogP contribution in [0.3, 0.4) is 0 Å². The van der Waals surface area contributed by atoms with E-state index in [1.54, 1.807) is 0 Å². The van der Waals surface area contributed by atoms with Gasteiger partial charge in [0, 0.05) is 19.3 Å². The van der Waals surface area contributed by atoms with Gasteiger partial charge in [-0.1, -0.05) is 235 Å². The Labute approximate surface area is 395 Å². The molecule has 0 spiro atoms. The van der Waals surface area contributed by atoms with Crippen molar-refractivity contribution in [1.82, 2.24) is 0 Å². The Hall–Kier alpha value is -3.15. The maximum Gasteiger partial charge on any atom is 0.306 e. The number of hydrogen-bond donors (Lipinski definition) is 0. The van der Waals surface area contributed by atoms with Crippen LogP contribution in [0.1, 0.15) is 258 Å². The number of hydrogen-bond acceptors (Lipinski definition) is 6. The molecule has 6 nitrogen and oxygen atoms in total. The minimum Gasteiger partial charge on any atom is -0.462 e. The van der Waals surface area contributed by atoms with Crippen LogP contribution in [0.15, 0.2) is 72.9 Å². The zero-order valence-electron chi connectivity index (χ0n) is 42.0. The molecule has 1 atom stereocenters. The second kappa shape index (κ2) is 52.5. The lowest BCUT2D eigenvalue weighted by Crippen LogP contribution is -2.30. The van der Waals surface area contributed by atoms with Crippen molar-refractivity contribution in [3.8, 4) is 0 Å². The van der Waals surface area contributed by atoms with Crippen LogP contribution in [0.2, 0.25) is 0 Å². The number of carbonyl (C=O) groups excluding carboxylic acids is 3. The van der Waals surface area contributed by atoms with Crippen molar-refractivity contribution >= 4 is 17.9 Å². The van der Waals surface area contributed by atoms with Crippen LogP contribution in [-0.2, 0) is 28.6 Å². The SMILES string of the molecule is CC/C=C\C/C=C\C/C=C\C/C=C\CCC(=O)OCC(COC(=O)CCCCCCCCCCCCCCCCCCCC)OC(=O)CCCCCCC/C=C\C/C=C\CCCCC. The number of allylic oxidation sites excluding steroid dienone is 12. The van der Waals surface area contributed by atoms with Crippen molar-refractivity contribution < 1.29 is 28.6 Å². The summed E-state index contributed by atoms with van der Waals surface area (Å²) in [6.07, 6.45) is 66.2. The highest BCUT2D eigenvalue weighted by Gasteiger charge is 2.19. The molecule has 368 valence electrons. The molecule has 0 amide bonds. The second-order valence-electron chi connectivity index (χ2n) is 17.8. The summed E-state index contributed by atoms with van der Waals surface area (Å²) < 4.78 is 16.7. The van der Waals surface area contributed by atoms with Crippen LogP contribution in [-0.4, -0.2) is 37.2 Å². The van der Waals surface area contributed by atoms with Gasteiger partial charge in [0.2, 0.25) is 0 Å². The molecule has 0 saturated carbocycles. The molecule has 0 aliphatic rings. The third-order valence-electron chi connectivity index (χ3n) is 11.5. The zero-order valence-corrected chi connectivity index (χ0v) is 42.0. The van der Waals surface area contributed by atoms with Gasteiger partial charge in [-0.3, -0.25) is 14.4 Å². The lowest BCUT2D eigenvalue weighted by molar-refractivity contribution is -0.166. The van der Waals surface area contributed by atoms with Gasteiger partial charge in [0.05, 0.1) is 0 Å². The van der Waals surface area contributed by atoms with Crippen LogP contribution in [0.5, 0.6) is 0 Å². The predicted molar refractivity (Wildman–Crippen MR) is 274 cm³/mol. The Morgan fingerprint density at radius 2 is 0.641 bits per heavy atom. The standard InChI is InChI=1S/C58H100O6/c1-4-7-10-13-16-19-22-25-27-28-29-31-33-36-39-42-45-48-51-57(60)63-54-55(53-62-56(59)50-47-44-41-38-35-32-24-21-18-15-12-9-6-3)64-58(61)52-49-46-43-40-37-34-30-26-23-20-17-14-11-8-5-2/h9,12,17-18,20-21,26,30,32,35,41,44,55H,4-8,10-11,13-16,19,22-25,27-29,31,33-34,36-40,42-43,45-54H2,1-3H3/b12-9-,20-17-,21-18-,30-26-,35-32-,44-41-. The second-order valence-corrected chi connectivity index (χ2v) is 17.8. The van der Waals surface area contributed by atoms with Crippen molar-refractivity contribution in [2.24, 2.45) is 0 Å². The molecule has 0 saturated heterocycles. The van der Waals surface area contributed by atoms with Gasteiger partial charge in [-0.25, -0.2) is 0 Å². The lowest BCUT2D eigenvalue weighted by Gasteiger charge is -2.18. The van der Waals surface area contributed by atoms with Crippen molar-refractivity contribution in [3.05, 3.63) is 72.9 Å². The molecule has 0 fully saturated rings. The molecule has 64 heavy (non-hydrogen) atoms. The topological polar surface area (TPSA) is 78.9 Å². The van der Waals surface area contributed by atoms with E-state index in [1.807, 2.05) is 6.08 Å². The molecule has 0 rings (SSSR count). The minimum atomic E-state index is -0.809. The zero-order chi connectivity index (χ0) is 46.5. The first kappa shape index (κ1) is 60.9. The van der Waals surface area contributed by atoms with E-state index in [1.165, 1.54) is 122 Å². The van der Waals surface area contributed by atoms with Crippen LogP contribution >= 0.6 is 0 Å². The molecule has 0 bridgehead atoms. The van der Waals surface area contributed by atoms with Gasteiger partial charge < -0.3 is 14.2 Å². The minimum absolute atomic E-state index is 0.101. The van der Waals surface area contributed by atoms with Crippen molar-refractivity contribution in [3.63, 3.8) is 0 Å². The molecule has 0 radical (unpaired) electrons. The first-order chi connectivity index (χ1) is 31.5. The first-order valence-corrected chi connectivity index (χ1v) is 26.9. The van der Waals surface area contributed by atoms with E-state index in [4.69, 9.17) is 14.2 Å². The third kappa shape index (κ3) is 49.9. The van der Waals surface area contributed by atoms with Crippen LogP contribution in [0.25, 0.3) is 0 Å². The van der Waals surface area contributed by atoms with Gasteiger partial charge in [-0.15, -0.1) is 0 Å². The molecule has 0 N–H and O–H groups in total. The van der Waals surface area contributed by atoms with Crippen molar-refractivity contribution in [2.45, 2.75) is 264 Å². The molecule has 0 heterocycles. The predicted octanol–water partition coefficient (Wildman–Crippen LogP) is 17.8. The van der Waals surface area contributed by atoms with E-state index in [0.29, 0.717) is 19.3 Å². The molecule has 1 unspecified atom stereocenters. The van der Waals surface area contributed by atoms with Gasteiger partial charge in [-0.05, 0) is 77.0 Å². The smallest absolute Gasteiger partial charge is 0.306 e. The highest BCUT2D eigenvalue weighted by atomic mass is 16.6. The fourth-order valence-electron chi connectivity index (χ4n) is 7.43. The van der Waals surface area contributed by atoms with E-state index in [-0.39, 0.29) is 37.5 Å². The average molecular weight is 893 g/mol. The number of unbranched alkanes of at least 4 members (excludes halogenated alkanes) is 25. The fourth-order valence-corrected chi connectivity index (χ4v) is 7.43. The summed E-state index contributed by atoms with van der Waals surface area (Å²) in [6.45, 7) is 6.43. The summed E-state index contributed by atoms with van der Waals surface area (Å²) in [5, 5.41) is 0. The van der Waals surface area contributed by atoms with Gasteiger partial charge in [-0.2, -0.15) is 0 Å². The highest BCUT2D eigenvalue weighted by Crippen LogP contribution is 2.16. The van der Waals surface area contributed by atoms with E-state index in [9.17, 15) is 14.4 Å². The van der Waals surface area contributed by atoms with E-state index in [0.717, 1.165) is 89.9 Å². The summed E-state index contributed by atoms with van der Waals surface area (Å²) >= 11 is 0. The van der Waals surface area contributed by atoms with E-state index < -0.39 is 6.10 Å². The molecule has 0 aromatic heterocycles. The number of carbonyl (C=O) groups is 3. The summed E-state index contributed by atoms with van der Waals surface area (Å²) in [5.41, 5.74) is 0. The summed E-state index contributed by atoms with van der Waals surface area (Å²) in [4.78, 5) is 38.0. The van der Waals surface area contributed by atoms with Gasteiger partial charge >= 0.3 is 17.9 Å². The molecule has 0 aromatic carbocycles. The average Bonchev–Trinajstić information content (AvgIpc) is 3.29. The lowest BCUT2D eigenvalue weighted by atomic mass is 10.0. The maximum atomic E-state index is 12.8. The molecule has 0 aliphatic heterocycles. The summed E-state index contributed by atoms with van der Waals surface area (Å²) in [5.74, 6) is -0.995. The molecule has 0 aliphatic carbocycles. The number of rotatable bonds is 48. The summed E-state index contributed by atoms with van der Waals surface area (Å²) in [7, 11) is 0. The maximum absolute atomic E-state index is 12.8. The van der Waals surface area contributed by atoms with Gasteiger partial charge in [0.1, 0.15) is 13.2 Å². The first-order valence-electron chi connectivity index (χ1n) is 26.9. The Balaban J connectivity index is 4.43. The number of ether oxygens (including phenoxy) is 3. The fraction of sp³-hybridized carbons (Fsp3) is 0.741. The summed E-state index contributed by atoms with van der Waals surface area (Å²) in [6, 6.07) is 0. The van der Waals surface area contributed by atoms with Crippen molar-refractivity contribution in [2.75, 3.05) is 13.2 Å². The van der Waals surface area contributed by atoms with Crippen LogP contribution in [0.4, 0.5) is 0 Å². The molecule has 6 heteroatoms. The quantitative estimate of drug-likeness (QED) is 0.0262. The molecular weight excluding hydrogens is 793 g/mol. The Morgan fingerprint density at radius 1 is 0.328 bits per heavy atom. The Kier molecular flexibility index (Phi) is 49.9. The molecular formula is C58H100O6. The van der Waals surface area contributed by atoms with Crippen LogP contribution < -0.4 is 0 Å². The van der Waals surface area contributed by atoms with E-state index >= 15 is 0 Å².